The summed E-state index contributed by atoms with van der Waals surface area (Å²) in [5.41, 5.74) is 1.40. The Kier molecular flexibility index (Phi) is 4.15. The molecule has 24 heavy (non-hydrogen) atoms. The van der Waals surface area contributed by atoms with Crippen molar-refractivity contribution < 1.29 is 9.53 Å². The van der Waals surface area contributed by atoms with Crippen LogP contribution < -0.4 is 10.2 Å². The van der Waals surface area contributed by atoms with Gasteiger partial charge in [-0.3, -0.25) is 4.79 Å². The molecule has 1 N–H and O–H groups in total. The lowest BCUT2D eigenvalue weighted by atomic mass is 10.1. The average Bonchev–Trinajstić information content (AvgIpc) is 3.07. The predicted molar refractivity (Wildman–Crippen MR) is 97.0 cm³/mol. The summed E-state index contributed by atoms with van der Waals surface area (Å²) in [4.78, 5) is 19.2. The van der Waals surface area contributed by atoms with Gasteiger partial charge in [0.1, 0.15) is 5.82 Å². The van der Waals surface area contributed by atoms with Gasteiger partial charge in [0.25, 0.3) is 5.91 Å². The Morgan fingerprint density at radius 1 is 1.17 bits per heavy atom. The van der Waals surface area contributed by atoms with Crippen molar-refractivity contribution in [3.8, 4) is 0 Å². The van der Waals surface area contributed by atoms with Crippen LogP contribution in [0.3, 0.4) is 0 Å². The minimum absolute atomic E-state index is 0.103. The highest BCUT2D eigenvalue weighted by atomic mass is 32.1. The number of nitrogens with one attached hydrogen (secondary N) is 1. The second-order valence-corrected chi connectivity index (χ2v) is 6.52. The highest BCUT2D eigenvalue weighted by Crippen LogP contribution is 2.26. The summed E-state index contributed by atoms with van der Waals surface area (Å²) < 4.78 is 6.46. The molecule has 0 radical (unpaired) electrons. The smallest absolute Gasteiger partial charge is 0.257 e. The summed E-state index contributed by atoms with van der Waals surface area (Å²) in [5, 5.41) is 5.81. The molecule has 1 aliphatic heterocycles. The molecule has 2 aromatic heterocycles. The number of thiophene rings is 1. The van der Waals surface area contributed by atoms with Gasteiger partial charge in [-0.2, -0.15) is 0 Å². The van der Waals surface area contributed by atoms with Gasteiger partial charge in [0, 0.05) is 28.6 Å². The Hall–Kier alpha value is -2.44. The third kappa shape index (κ3) is 2.98. The minimum Gasteiger partial charge on any atom is -0.378 e. The van der Waals surface area contributed by atoms with Crippen molar-refractivity contribution >= 4 is 38.8 Å². The standard InChI is InChI=1S/C18H17N3O2S/c22-18(15-12-24-16-4-2-1-3-14(15)16)20-13-5-6-17(19-11-13)21-7-9-23-10-8-21/h1-6,11-12H,7-10H2,(H,20,22). The third-order valence-corrected chi connectivity index (χ3v) is 5.03. The summed E-state index contributed by atoms with van der Waals surface area (Å²) >= 11 is 1.58. The van der Waals surface area contributed by atoms with E-state index in [2.05, 4.69) is 15.2 Å². The molecule has 1 fully saturated rings. The third-order valence-electron chi connectivity index (χ3n) is 4.07. The maximum atomic E-state index is 12.5. The zero-order chi connectivity index (χ0) is 16.4. The molecular formula is C18H17N3O2S. The summed E-state index contributed by atoms with van der Waals surface area (Å²) in [7, 11) is 0. The van der Waals surface area contributed by atoms with E-state index in [0.29, 0.717) is 11.3 Å². The van der Waals surface area contributed by atoms with Gasteiger partial charge in [0.2, 0.25) is 0 Å². The van der Waals surface area contributed by atoms with Crippen molar-refractivity contribution in [1.82, 2.24) is 4.98 Å². The lowest BCUT2D eigenvalue weighted by Crippen LogP contribution is -2.36. The molecule has 0 bridgehead atoms. The molecule has 5 nitrogen and oxygen atoms in total. The number of ether oxygens (including phenoxy) is 1. The zero-order valence-electron chi connectivity index (χ0n) is 13.1. The van der Waals surface area contributed by atoms with E-state index < -0.39 is 0 Å². The number of amides is 1. The fourth-order valence-corrected chi connectivity index (χ4v) is 3.73. The first-order valence-electron chi connectivity index (χ1n) is 7.87. The first-order chi connectivity index (χ1) is 11.8. The molecule has 0 aliphatic carbocycles. The Labute approximate surface area is 143 Å². The average molecular weight is 339 g/mol. The summed E-state index contributed by atoms with van der Waals surface area (Å²) in [6, 6.07) is 11.8. The van der Waals surface area contributed by atoms with Gasteiger partial charge in [-0.15, -0.1) is 11.3 Å². The number of carbonyl (C=O) groups is 1. The highest BCUT2D eigenvalue weighted by Gasteiger charge is 2.14. The topological polar surface area (TPSA) is 54.5 Å². The Morgan fingerprint density at radius 3 is 2.79 bits per heavy atom. The van der Waals surface area contributed by atoms with Crippen LogP contribution in [0.5, 0.6) is 0 Å². The number of benzene rings is 1. The second-order valence-electron chi connectivity index (χ2n) is 5.60. The summed E-state index contributed by atoms with van der Waals surface area (Å²) in [6.45, 7) is 3.15. The SMILES string of the molecule is O=C(Nc1ccc(N2CCOCC2)nc1)c1csc2ccccc12. The van der Waals surface area contributed by atoms with Gasteiger partial charge >= 0.3 is 0 Å². The van der Waals surface area contributed by atoms with Crippen LogP contribution in [0.4, 0.5) is 11.5 Å². The molecule has 4 rings (SSSR count). The highest BCUT2D eigenvalue weighted by molar-refractivity contribution is 7.17. The van der Waals surface area contributed by atoms with Gasteiger partial charge in [0.05, 0.1) is 30.7 Å². The summed E-state index contributed by atoms with van der Waals surface area (Å²) in [5.74, 6) is 0.811. The van der Waals surface area contributed by atoms with Crippen molar-refractivity contribution in [2.24, 2.45) is 0 Å². The summed E-state index contributed by atoms with van der Waals surface area (Å²) in [6.07, 6.45) is 1.71. The van der Waals surface area contributed by atoms with Crippen LogP contribution in [0, 0.1) is 0 Å². The lowest BCUT2D eigenvalue weighted by Gasteiger charge is -2.27. The quantitative estimate of drug-likeness (QED) is 0.795. The molecule has 6 heteroatoms. The van der Waals surface area contributed by atoms with Crippen molar-refractivity contribution in [3.05, 3.63) is 53.5 Å². The maximum absolute atomic E-state index is 12.5. The fraction of sp³-hybridized carbons (Fsp3) is 0.222. The molecule has 0 saturated carbocycles. The first kappa shape index (κ1) is 15.1. The predicted octanol–water partition coefficient (Wildman–Crippen LogP) is 3.39. The number of morpholine rings is 1. The van der Waals surface area contributed by atoms with E-state index in [1.165, 1.54) is 0 Å². The minimum atomic E-state index is -0.103. The Balaban J connectivity index is 1.49. The molecular weight excluding hydrogens is 322 g/mol. The van der Waals surface area contributed by atoms with Crippen molar-refractivity contribution in [1.29, 1.82) is 0 Å². The first-order valence-corrected chi connectivity index (χ1v) is 8.75. The van der Waals surface area contributed by atoms with Gasteiger partial charge in [-0.1, -0.05) is 18.2 Å². The molecule has 122 valence electrons. The number of hydrogen-bond donors (Lipinski definition) is 1. The monoisotopic (exact) mass is 339 g/mol. The van der Waals surface area contributed by atoms with E-state index in [4.69, 9.17) is 4.74 Å². The van der Waals surface area contributed by atoms with Crippen LogP contribution in [0.2, 0.25) is 0 Å². The van der Waals surface area contributed by atoms with Crippen LogP contribution >= 0.6 is 11.3 Å². The number of nitrogens with zero attached hydrogens (tertiary/aromatic N) is 2. The van der Waals surface area contributed by atoms with Gasteiger partial charge in [-0.05, 0) is 18.2 Å². The largest absolute Gasteiger partial charge is 0.378 e. The van der Waals surface area contributed by atoms with E-state index in [1.807, 2.05) is 41.8 Å². The fourth-order valence-electron chi connectivity index (χ4n) is 2.79. The van der Waals surface area contributed by atoms with Crippen LogP contribution in [-0.4, -0.2) is 37.2 Å². The van der Waals surface area contributed by atoms with E-state index in [0.717, 1.165) is 42.2 Å². The molecule has 3 aromatic rings. The van der Waals surface area contributed by atoms with Gasteiger partial charge in [0.15, 0.2) is 0 Å². The van der Waals surface area contributed by atoms with Crippen LogP contribution in [0.25, 0.3) is 10.1 Å². The molecule has 1 saturated heterocycles. The Bertz CT molecular complexity index is 854. The maximum Gasteiger partial charge on any atom is 0.257 e. The number of hydrogen-bond acceptors (Lipinski definition) is 5. The van der Waals surface area contributed by atoms with E-state index >= 15 is 0 Å². The van der Waals surface area contributed by atoms with Gasteiger partial charge in [-0.25, -0.2) is 4.98 Å². The van der Waals surface area contributed by atoms with Crippen LogP contribution in [0.15, 0.2) is 48.0 Å². The number of rotatable bonds is 3. The number of carbonyl (C=O) groups excluding carboxylic acids is 1. The lowest BCUT2D eigenvalue weighted by molar-refractivity contribution is 0.102. The number of aromatic nitrogens is 1. The number of anilines is 2. The molecule has 0 spiro atoms. The normalized spacial score (nSPS) is 14.8. The van der Waals surface area contributed by atoms with Crippen molar-refractivity contribution in [3.63, 3.8) is 0 Å². The van der Waals surface area contributed by atoms with E-state index in [1.54, 1.807) is 17.5 Å². The molecule has 1 aromatic carbocycles. The molecule has 1 aliphatic rings. The number of pyridine rings is 1. The van der Waals surface area contributed by atoms with Crippen LogP contribution in [-0.2, 0) is 4.74 Å². The van der Waals surface area contributed by atoms with Crippen molar-refractivity contribution in [2.75, 3.05) is 36.5 Å². The van der Waals surface area contributed by atoms with E-state index in [-0.39, 0.29) is 5.91 Å². The molecule has 1 amide bonds. The Morgan fingerprint density at radius 2 is 2.00 bits per heavy atom. The molecule has 0 atom stereocenters. The molecule has 0 unspecified atom stereocenters. The second kappa shape index (κ2) is 6.59. The van der Waals surface area contributed by atoms with Gasteiger partial charge < -0.3 is 15.0 Å². The molecule has 3 heterocycles. The van der Waals surface area contributed by atoms with Crippen molar-refractivity contribution in [2.45, 2.75) is 0 Å². The zero-order valence-corrected chi connectivity index (χ0v) is 13.9. The number of fused-ring (bicyclic) bond motifs is 1. The van der Waals surface area contributed by atoms with E-state index in [9.17, 15) is 4.79 Å². The van der Waals surface area contributed by atoms with Crippen LogP contribution in [0.1, 0.15) is 10.4 Å².